The van der Waals surface area contributed by atoms with Crippen LogP contribution in [0.15, 0.2) is 24.3 Å². The van der Waals surface area contributed by atoms with Crippen LogP contribution in [0.25, 0.3) is 0 Å². The minimum atomic E-state index is -0.891. The molecule has 1 N–H and O–H groups in total. The van der Waals surface area contributed by atoms with Gasteiger partial charge in [-0.15, -0.1) is 0 Å². The SMILES string of the molecule is CC(C)(C)OC(=O)N1C2CCCC1CC(O)(c1ccc(N3CCOCC3)cc1)C2. The van der Waals surface area contributed by atoms with Crippen molar-refractivity contribution >= 4 is 11.8 Å². The Morgan fingerprint density at radius 2 is 1.69 bits per heavy atom. The Bertz CT molecular complexity index is 707. The van der Waals surface area contributed by atoms with Gasteiger partial charge in [0.1, 0.15) is 5.60 Å². The number of hydrogen-bond donors (Lipinski definition) is 1. The second-order valence-corrected chi connectivity index (χ2v) is 9.71. The molecule has 0 radical (unpaired) electrons. The number of fused-ring (bicyclic) bond motifs is 2. The number of piperidine rings is 2. The summed E-state index contributed by atoms with van der Waals surface area (Å²) in [5.41, 5.74) is 0.731. The maximum Gasteiger partial charge on any atom is 0.410 e. The molecule has 0 saturated carbocycles. The van der Waals surface area contributed by atoms with E-state index in [4.69, 9.17) is 9.47 Å². The Hall–Kier alpha value is -1.79. The number of aliphatic hydroxyl groups is 1. The van der Waals surface area contributed by atoms with Crippen molar-refractivity contribution in [2.45, 2.75) is 76.2 Å². The van der Waals surface area contributed by atoms with E-state index in [0.29, 0.717) is 12.8 Å². The predicted molar refractivity (Wildman–Crippen MR) is 112 cm³/mol. The number of amides is 1. The lowest BCUT2D eigenvalue weighted by Gasteiger charge is -2.52. The molecule has 29 heavy (non-hydrogen) atoms. The number of carbonyl (C=O) groups is 1. The highest BCUT2D eigenvalue weighted by molar-refractivity contribution is 5.69. The van der Waals surface area contributed by atoms with Gasteiger partial charge in [-0.2, -0.15) is 0 Å². The molecule has 4 rings (SSSR count). The Morgan fingerprint density at radius 1 is 1.10 bits per heavy atom. The zero-order valence-electron chi connectivity index (χ0n) is 17.9. The van der Waals surface area contributed by atoms with Gasteiger partial charge in [0.2, 0.25) is 0 Å². The lowest BCUT2D eigenvalue weighted by Crippen LogP contribution is -2.59. The molecule has 0 aromatic heterocycles. The van der Waals surface area contributed by atoms with Crippen molar-refractivity contribution in [1.29, 1.82) is 0 Å². The molecule has 1 amide bonds. The van der Waals surface area contributed by atoms with E-state index >= 15 is 0 Å². The van der Waals surface area contributed by atoms with E-state index in [0.717, 1.165) is 51.1 Å². The smallest absolute Gasteiger partial charge is 0.410 e. The number of ether oxygens (including phenoxy) is 2. The highest BCUT2D eigenvalue weighted by Gasteiger charge is 2.49. The number of morpholine rings is 1. The number of carbonyl (C=O) groups excluding carboxylic acids is 1. The monoisotopic (exact) mass is 402 g/mol. The first-order valence-electron chi connectivity index (χ1n) is 10.9. The van der Waals surface area contributed by atoms with Gasteiger partial charge in [0, 0.05) is 43.7 Å². The highest BCUT2D eigenvalue weighted by atomic mass is 16.6. The van der Waals surface area contributed by atoms with Crippen molar-refractivity contribution in [2.75, 3.05) is 31.2 Å². The van der Waals surface area contributed by atoms with Crippen LogP contribution in [0.5, 0.6) is 0 Å². The summed E-state index contributed by atoms with van der Waals surface area (Å²) in [6.45, 7) is 9.02. The highest BCUT2D eigenvalue weighted by Crippen LogP contribution is 2.45. The Labute approximate surface area is 173 Å². The van der Waals surface area contributed by atoms with Gasteiger partial charge in [0.15, 0.2) is 0 Å². The Balaban J connectivity index is 1.50. The molecule has 6 heteroatoms. The summed E-state index contributed by atoms with van der Waals surface area (Å²) >= 11 is 0. The van der Waals surface area contributed by atoms with Crippen LogP contribution >= 0.6 is 0 Å². The van der Waals surface area contributed by atoms with Crippen molar-refractivity contribution in [1.82, 2.24) is 4.90 Å². The van der Waals surface area contributed by atoms with Crippen LogP contribution < -0.4 is 4.90 Å². The molecular formula is C23H34N2O4. The lowest BCUT2D eigenvalue weighted by atomic mass is 9.72. The van der Waals surface area contributed by atoms with Crippen LogP contribution in [0.2, 0.25) is 0 Å². The molecule has 3 aliphatic heterocycles. The minimum Gasteiger partial charge on any atom is -0.444 e. The number of rotatable bonds is 2. The molecule has 3 saturated heterocycles. The van der Waals surface area contributed by atoms with E-state index in [1.807, 2.05) is 25.7 Å². The molecule has 1 aromatic carbocycles. The van der Waals surface area contributed by atoms with Crippen LogP contribution in [-0.4, -0.2) is 60.1 Å². The molecular weight excluding hydrogens is 368 g/mol. The van der Waals surface area contributed by atoms with E-state index in [9.17, 15) is 9.90 Å². The molecule has 2 atom stereocenters. The van der Waals surface area contributed by atoms with Gasteiger partial charge in [0.25, 0.3) is 0 Å². The maximum absolute atomic E-state index is 12.8. The number of hydrogen-bond acceptors (Lipinski definition) is 5. The van der Waals surface area contributed by atoms with Gasteiger partial charge < -0.3 is 24.4 Å². The quantitative estimate of drug-likeness (QED) is 0.818. The van der Waals surface area contributed by atoms with Gasteiger partial charge in [-0.25, -0.2) is 4.79 Å². The van der Waals surface area contributed by atoms with E-state index in [1.54, 1.807) is 0 Å². The molecule has 6 nitrogen and oxygen atoms in total. The van der Waals surface area contributed by atoms with Gasteiger partial charge in [-0.1, -0.05) is 12.1 Å². The zero-order chi connectivity index (χ0) is 20.6. The van der Waals surface area contributed by atoms with Gasteiger partial charge in [-0.3, -0.25) is 0 Å². The summed E-state index contributed by atoms with van der Waals surface area (Å²) in [5, 5.41) is 11.6. The summed E-state index contributed by atoms with van der Waals surface area (Å²) in [6, 6.07) is 8.39. The third-order valence-corrected chi connectivity index (χ3v) is 6.39. The first-order valence-corrected chi connectivity index (χ1v) is 10.9. The zero-order valence-corrected chi connectivity index (χ0v) is 17.9. The van der Waals surface area contributed by atoms with Crippen LogP contribution in [-0.2, 0) is 15.1 Å². The van der Waals surface area contributed by atoms with Crippen LogP contribution in [0.3, 0.4) is 0 Å². The molecule has 3 heterocycles. The second-order valence-electron chi connectivity index (χ2n) is 9.71. The first-order chi connectivity index (χ1) is 13.8. The molecule has 160 valence electrons. The van der Waals surface area contributed by atoms with Crippen LogP contribution in [0, 0.1) is 0 Å². The average Bonchev–Trinajstić information content (AvgIpc) is 2.67. The van der Waals surface area contributed by atoms with Gasteiger partial charge in [0.05, 0.1) is 18.8 Å². The first kappa shape index (κ1) is 20.5. The fourth-order valence-corrected chi connectivity index (χ4v) is 5.08. The van der Waals surface area contributed by atoms with E-state index in [2.05, 4.69) is 29.2 Å². The third-order valence-electron chi connectivity index (χ3n) is 6.39. The summed E-state index contributed by atoms with van der Waals surface area (Å²) < 4.78 is 11.1. The number of benzene rings is 1. The Morgan fingerprint density at radius 3 is 2.24 bits per heavy atom. The number of anilines is 1. The van der Waals surface area contributed by atoms with Crippen LogP contribution in [0.4, 0.5) is 10.5 Å². The molecule has 2 unspecified atom stereocenters. The van der Waals surface area contributed by atoms with Gasteiger partial charge >= 0.3 is 6.09 Å². The molecule has 3 fully saturated rings. The summed E-state index contributed by atoms with van der Waals surface area (Å²) in [5.74, 6) is 0. The fourth-order valence-electron chi connectivity index (χ4n) is 5.08. The minimum absolute atomic E-state index is 0.0290. The summed E-state index contributed by atoms with van der Waals surface area (Å²) in [7, 11) is 0. The topological polar surface area (TPSA) is 62.2 Å². The molecule has 1 aromatic rings. The van der Waals surface area contributed by atoms with Gasteiger partial charge in [-0.05, 0) is 57.7 Å². The maximum atomic E-state index is 12.8. The standard InChI is InChI=1S/C23H34N2O4/c1-22(2,3)29-21(26)25-19-5-4-6-20(25)16-23(27,15-19)17-7-9-18(10-8-17)24-11-13-28-14-12-24/h7-10,19-20,27H,4-6,11-16H2,1-3H3. The summed E-state index contributed by atoms with van der Waals surface area (Å²) in [4.78, 5) is 17.0. The molecule has 3 aliphatic rings. The molecule has 0 spiro atoms. The van der Waals surface area contributed by atoms with E-state index in [1.165, 1.54) is 5.69 Å². The normalized spacial score (nSPS) is 30.2. The molecule has 2 bridgehead atoms. The van der Waals surface area contributed by atoms with Crippen molar-refractivity contribution in [2.24, 2.45) is 0 Å². The van der Waals surface area contributed by atoms with Crippen molar-refractivity contribution in [3.63, 3.8) is 0 Å². The third kappa shape index (κ3) is 4.38. The van der Waals surface area contributed by atoms with E-state index in [-0.39, 0.29) is 18.2 Å². The lowest BCUT2D eigenvalue weighted by molar-refractivity contribution is -0.0965. The van der Waals surface area contributed by atoms with Crippen molar-refractivity contribution < 1.29 is 19.4 Å². The Kier molecular flexibility index (Phi) is 5.51. The second kappa shape index (κ2) is 7.80. The molecule has 0 aliphatic carbocycles. The van der Waals surface area contributed by atoms with E-state index < -0.39 is 11.2 Å². The van der Waals surface area contributed by atoms with Crippen molar-refractivity contribution in [3.8, 4) is 0 Å². The van der Waals surface area contributed by atoms with Crippen LogP contribution in [0.1, 0.15) is 58.4 Å². The predicted octanol–water partition coefficient (Wildman–Crippen LogP) is 3.66. The van der Waals surface area contributed by atoms with Crippen molar-refractivity contribution in [3.05, 3.63) is 29.8 Å². The largest absolute Gasteiger partial charge is 0.444 e. The average molecular weight is 403 g/mol. The number of nitrogens with zero attached hydrogens (tertiary/aromatic N) is 2. The summed E-state index contributed by atoms with van der Waals surface area (Å²) in [6.07, 6.45) is 3.84. The fraction of sp³-hybridized carbons (Fsp3) is 0.696.